The van der Waals surface area contributed by atoms with Crippen molar-refractivity contribution in [1.29, 1.82) is 0 Å². The van der Waals surface area contributed by atoms with Crippen molar-refractivity contribution in [1.82, 2.24) is 19.6 Å². The third kappa shape index (κ3) is 10.9. The van der Waals surface area contributed by atoms with Gasteiger partial charge in [0.2, 0.25) is 0 Å². The van der Waals surface area contributed by atoms with Crippen molar-refractivity contribution < 1.29 is 34.3 Å². The van der Waals surface area contributed by atoms with Gasteiger partial charge in [0, 0.05) is 0 Å². The molecule has 1 saturated heterocycles. The predicted molar refractivity (Wildman–Crippen MR) is 95.3 cm³/mol. The molecule has 0 aromatic rings. The van der Waals surface area contributed by atoms with E-state index in [9.17, 15) is 18.9 Å². The number of nitrogens with zero attached hydrogens (tertiary/aromatic N) is 4. The van der Waals surface area contributed by atoms with Gasteiger partial charge in [-0.1, -0.05) is 0 Å². The van der Waals surface area contributed by atoms with Gasteiger partial charge in [0.05, 0.1) is 0 Å². The van der Waals surface area contributed by atoms with Crippen LogP contribution in [0, 0.1) is 5.75 Å². The monoisotopic (exact) mass is 404 g/mol. The van der Waals surface area contributed by atoms with Crippen LogP contribution in [0.2, 0.25) is 0 Å². The fourth-order valence-corrected chi connectivity index (χ4v) is 3.06. The molecule has 0 unspecified atom stereocenters. The molecule has 0 spiro atoms. The number of rotatable bonds is 6. The quantitative estimate of drug-likeness (QED) is 0.453. The van der Waals surface area contributed by atoms with Crippen LogP contribution in [0.1, 0.15) is 0 Å². The third-order valence-corrected chi connectivity index (χ3v) is 4.46. The summed E-state index contributed by atoms with van der Waals surface area (Å²) >= 11 is 0. The fourth-order valence-electron chi connectivity index (χ4n) is 2.74. The molecule has 3 N–H and O–H groups in total. The summed E-state index contributed by atoms with van der Waals surface area (Å²) in [7, 11) is -0.303. The Hall–Kier alpha value is -1.74. The molecule has 1 aliphatic rings. The minimum atomic E-state index is -0.999. The molecule has 11 nitrogen and oxygen atoms in total. The van der Waals surface area contributed by atoms with Crippen LogP contribution in [-0.4, -0.2) is 125 Å². The molecule has 27 heavy (non-hydrogen) atoms. The zero-order valence-corrected chi connectivity index (χ0v) is 15.9. The van der Waals surface area contributed by atoms with E-state index in [1.165, 1.54) is 0 Å². The number of carboxylic acid groups (broad SMARTS) is 3. The minimum absolute atomic E-state index is 0.186. The molecule has 0 aliphatic carbocycles. The summed E-state index contributed by atoms with van der Waals surface area (Å²) in [6, 6.07) is 0. The van der Waals surface area contributed by atoms with Gasteiger partial charge in [0.15, 0.2) is 0 Å². The van der Waals surface area contributed by atoms with Gasteiger partial charge in [-0.2, -0.15) is 0 Å². The first-order valence-corrected chi connectivity index (χ1v) is 9.26. The van der Waals surface area contributed by atoms with Crippen molar-refractivity contribution >= 4 is 25.8 Å². The topological polar surface area (TPSA) is 142 Å². The zero-order valence-electron chi connectivity index (χ0n) is 15.0. The Morgan fingerprint density at radius 2 is 0.963 bits per heavy atom. The Kier molecular flexibility index (Phi) is 10.9. The molecule has 152 valence electrons. The second kappa shape index (κ2) is 12.6. The second-order valence-corrected chi connectivity index (χ2v) is 6.57. The van der Waals surface area contributed by atoms with Gasteiger partial charge < -0.3 is 0 Å². The molecule has 0 atom stereocenters. The average molecular weight is 404 g/mol. The maximum atomic E-state index is 11.1. The first kappa shape index (κ1) is 23.3. The Balaban J connectivity index is 2.91. The van der Waals surface area contributed by atoms with Crippen molar-refractivity contribution in [3.63, 3.8) is 0 Å². The maximum absolute atomic E-state index is 11.1. The number of hydrogen-bond acceptors (Lipinski definition) is 8. The molecule has 1 fully saturated rings. The molecule has 12 heteroatoms. The molecule has 1 heterocycles. The Morgan fingerprint density at radius 3 is 1.22 bits per heavy atom. The average Bonchev–Trinajstić information content (AvgIpc) is 2.56. The van der Waals surface area contributed by atoms with Gasteiger partial charge in [-0.05, 0) is 0 Å². The molecular weight excluding hydrogens is 379 g/mol. The van der Waals surface area contributed by atoms with Crippen LogP contribution in [0.4, 0.5) is 0 Å². The summed E-state index contributed by atoms with van der Waals surface area (Å²) in [4.78, 5) is 39.9. The van der Waals surface area contributed by atoms with Gasteiger partial charge in [0.1, 0.15) is 0 Å². The Morgan fingerprint density at radius 1 is 0.667 bits per heavy atom. The van der Waals surface area contributed by atoms with Gasteiger partial charge in [-0.25, -0.2) is 0 Å². The van der Waals surface area contributed by atoms with Crippen LogP contribution in [0.25, 0.3) is 0 Å². The number of hydrogen-bond donors (Lipinski definition) is 3. The summed E-state index contributed by atoms with van der Waals surface area (Å²) in [5.41, 5.74) is 0. The zero-order chi connectivity index (χ0) is 20.2. The van der Waals surface area contributed by atoms with Gasteiger partial charge in [-0.15, -0.1) is 0 Å². The SMILES string of the molecule is O=P#CN1CCN(CC(=O)O)CCN(CC(=O)O)CCN(CC(=O)O)CC1. The van der Waals surface area contributed by atoms with Crippen molar-refractivity contribution in [3.05, 3.63) is 0 Å². The molecule has 1 aliphatic heterocycles. The van der Waals surface area contributed by atoms with Crippen LogP contribution in [0.15, 0.2) is 0 Å². The van der Waals surface area contributed by atoms with E-state index in [0.29, 0.717) is 52.4 Å². The first-order chi connectivity index (χ1) is 12.8. The standard InChI is InChI=1S/C15H25N4O7P/c20-13(21)9-16-1-3-17(10-14(22)23)5-7-19(12-27-26)8-6-18(4-2-16)11-15(24)25/h1-11H2,(H,20,21)(H,22,23)(H,24,25). The summed E-state index contributed by atoms with van der Waals surface area (Å²) in [6.45, 7) is 2.30. The van der Waals surface area contributed by atoms with E-state index >= 15 is 0 Å². The van der Waals surface area contributed by atoms with E-state index in [-0.39, 0.29) is 27.5 Å². The Bertz CT molecular complexity index is 595. The van der Waals surface area contributed by atoms with Crippen LogP contribution >= 0.6 is 7.92 Å². The van der Waals surface area contributed by atoms with Gasteiger partial charge >= 0.3 is 157 Å². The molecule has 0 aromatic heterocycles. The van der Waals surface area contributed by atoms with E-state index in [1.807, 2.05) is 0 Å². The Labute approximate surface area is 158 Å². The summed E-state index contributed by atoms with van der Waals surface area (Å²) < 4.78 is 10.9. The summed E-state index contributed by atoms with van der Waals surface area (Å²) in [6.07, 6.45) is 0. The van der Waals surface area contributed by atoms with Crippen molar-refractivity contribution in [3.8, 4) is 5.75 Å². The van der Waals surface area contributed by atoms with Gasteiger partial charge in [0.25, 0.3) is 0 Å². The molecule has 0 aromatic carbocycles. The molecule has 0 saturated carbocycles. The van der Waals surface area contributed by atoms with Crippen molar-refractivity contribution in [2.45, 2.75) is 0 Å². The fraction of sp³-hybridized carbons (Fsp3) is 0.733. The van der Waals surface area contributed by atoms with E-state index in [1.54, 1.807) is 19.6 Å². The number of carboxylic acids is 3. The number of carbonyl (C=O) groups is 3. The molecule has 1 rings (SSSR count). The first-order valence-electron chi connectivity index (χ1n) is 8.45. The van der Waals surface area contributed by atoms with Crippen LogP contribution in [0.5, 0.6) is 0 Å². The summed E-state index contributed by atoms with van der Waals surface area (Å²) in [5, 5.41) is 27.2. The van der Waals surface area contributed by atoms with Gasteiger partial charge in [-0.3, -0.25) is 0 Å². The van der Waals surface area contributed by atoms with Crippen LogP contribution < -0.4 is 0 Å². The van der Waals surface area contributed by atoms with Crippen LogP contribution in [-0.2, 0) is 18.9 Å². The number of aliphatic carboxylic acids is 3. The molecule has 0 radical (unpaired) electrons. The van der Waals surface area contributed by atoms with Crippen molar-refractivity contribution in [2.75, 3.05) is 72.0 Å². The molecule has 0 bridgehead atoms. The normalized spacial score (nSPS) is 19.4. The third-order valence-electron chi connectivity index (χ3n) is 4.10. The summed E-state index contributed by atoms with van der Waals surface area (Å²) in [5.74, 6) is -0.336. The second-order valence-electron chi connectivity index (χ2n) is 6.19. The molecular formula is C15H25N4O7P. The van der Waals surface area contributed by atoms with E-state index in [4.69, 9.17) is 15.3 Å². The van der Waals surface area contributed by atoms with E-state index in [0.717, 1.165) is 0 Å². The van der Waals surface area contributed by atoms with Crippen LogP contribution in [0.3, 0.4) is 0 Å². The van der Waals surface area contributed by atoms with E-state index in [2.05, 4.69) is 5.75 Å². The predicted octanol–water partition coefficient (Wildman–Crippen LogP) is -1.33. The van der Waals surface area contributed by atoms with Crippen molar-refractivity contribution in [2.24, 2.45) is 0 Å². The van der Waals surface area contributed by atoms with E-state index < -0.39 is 17.9 Å². The molecule has 0 amide bonds.